The van der Waals surface area contributed by atoms with E-state index in [1.807, 2.05) is 4.90 Å². The molecule has 0 N–H and O–H groups in total. The number of piperazine rings is 1. The highest BCUT2D eigenvalue weighted by Gasteiger charge is 2.25. The van der Waals surface area contributed by atoms with Crippen LogP contribution in [0, 0.1) is 0 Å². The maximum Gasteiger partial charge on any atom is 0.219 e. The molecule has 0 saturated carbocycles. The molecule has 0 aliphatic carbocycles. The largest absolute Gasteiger partial charge is 0.379 e. The van der Waals surface area contributed by atoms with Gasteiger partial charge in [-0.25, -0.2) is 4.98 Å². The summed E-state index contributed by atoms with van der Waals surface area (Å²) in [5.74, 6) is 1.35. The second-order valence-corrected chi connectivity index (χ2v) is 8.72. The van der Waals surface area contributed by atoms with Crippen molar-refractivity contribution in [1.82, 2.24) is 24.3 Å². The molecule has 2 aliphatic rings. The van der Waals surface area contributed by atoms with Crippen LogP contribution in [-0.2, 0) is 22.5 Å². The highest BCUT2D eigenvalue weighted by molar-refractivity contribution is 5.76. The first-order valence-corrected chi connectivity index (χ1v) is 11.3. The smallest absolute Gasteiger partial charge is 0.219 e. The number of rotatable bonds is 6. The van der Waals surface area contributed by atoms with Crippen LogP contribution in [0.3, 0.4) is 0 Å². The number of para-hydroxylation sites is 2. The molecule has 0 radical (unpaired) electrons. The number of carbonyl (C=O) groups excluding carboxylic acids is 1. The monoisotopic (exact) mass is 413 g/mol. The van der Waals surface area contributed by atoms with Crippen LogP contribution >= 0.6 is 0 Å². The highest BCUT2D eigenvalue weighted by Crippen LogP contribution is 2.21. The van der Waals surface area contributed by atoms with Gasteiger partial charge in [0, 0.05) is 71.2 Å². The fourth-order valence-electron chi connectivity index (χ4n) is 4.75. The molecular formula is C23H35N5O2. The molecule has 7 nitrogen and oxygen atoms in total. The van der Waals surface area contributed by atoms with E-state index in [0.717, 1.165) is 76.8 Å². The fraction of sp³-hybridized carbons (Fsp3) is 0.652. The van der Waals surface area contributed by atoms with Crippen LogP contribution in [0.25, 0.3) is 11.0 Å². The van der Waals surface area contributed by atoms with E-state index in [0.29, 0.717) is 12.1 Å². The number of fused-ring (bicyclic) bond motifs is 1. The van der Waals surface area contributed by atoms with Crippen molar-refractivity contribution in [3.05, 3.63) is 30.1 Å². The Kier molecular flexibility index (Phi) is 6.71. The third-order valence-corrected chi connectivity index (χ3v) is 6.71. The van der Waals surface area contributed by atoms with Gasteiger partial charge in [-0.1, -0.05) is 12.1 Å². The summed E-state index contributed by atoms with van der Waals surface area (Å²) in [7, 11) is 0. The number of benzene rings is 1. The summed E-state index contributed by atoms with van der Waals surface area (Å²) in [4.78, 5) is 23.6. The van der Waals surface area contributed by atoms with Gasteiger partial charge in [-0.3, -0.25) is 14.6 Å². The first kappa shape index (κ1) is 21.3. The molecule has 2 aromatic rings. The Hall–Kier alpha value is -1.96. The zero-order chi connectivity index (χ0) is 21.1. The van der Waals surface area contributed by atoms with E-state index in [1.54, 1.807) is 6.92 Å². The van der Waals surface area contributed by atoms with E-state index in [1.165, 1.54) is 5.52 Å². The van der Waals surface area contributed by atoms with Gasteiger partial charge in [-0.2, -0.15) is 0 Å². The third kappa shape index (κ3) is 4.68. The number of amides is 1. The van der Waals surface area contributed by atoms with Crippen LogP contribution in [0.5, 0.6) is 0 Å². The minimum atomic E-state index is 0.182. The quantitative estimate of drug-likeness (QED) is 0.724. The number of morpholine rings is 1. The van der Waals surface area contributed by atoms with Gasteiger partial charge in [0.05, 0.1) is 24.2 Å². The molecule has 7 heteroatoms. The van der Waals surface area contributed by atoms with Crippen molar-refractivity contribution < 1.29 is 9.53 Å². The maximum absolute atomic E-state index is 11.6. The lowest BCUT2D eigenvalue weighted by Gasteiger charge is -2.37. The molecule has 3 heterocycles. The number of imidazole rings is 1. The van der Waals surface area contributed by atoms with Gasteiger partial charge in [0.1, 0.15) is 5.82 Å². The van der Waals surface area contributed by atoms with Gasteiger partial charge >= 0.3 is 0 Å². The van der Waals surface area contributed by atoms with Gasteiger partial charge in [0.25, 0.3) is 0 Å². The number of ether oxygens (including phenoxy) is 1. The molecule has 1 amide bonds. The minimum Gasteiger partial charge on any atom is -0.379 e. The van der Waals surface area contributed by atoms with Gasteiger partial charge in [0.2, 0.25) is 5.91 Å². The zero-order valence-electron chi connectivity index (χ0n) is 18.6. The van der Waals surface area contributed by atoms with Gasteiger partial charge in [0.15, 0.2) is 0 Å². The summed E-state index contributed by atoms with van der Waals surface area (Å²) >= 11 is 0. The van der Waals surface area contributed by atoms with E-state index in [2.05, 4.69) is 52.5 Å². The molecular weight excluding hydrogens is 378 g/mol. The number of nitrogens with zero attached hydrogens (tertiary/aromatic N) is 5. The van der Waals surface area contributed by atoms with Crippen LogP contribution in [-0.4, -0.2) is 94.7 Å². The first-order valence-electron chi connectivity index (χ1n) is 11.3. The second kappa shape index (κ2) is 9.45. The minimum absolute atomic E-state index is 0.182. The summed E-state index contributed by atoms with van der Waals surface area (Å²) in [5.41, 5.74) is 2.30. The van der Waals surface area contributed by atoms with Crippen LogP contribution in [0.2, 0.25) is 0 Å². The first-order chi connectivity index (χ1) is 14.5. The maximum atomic E-state index is 11.6. The molecule has 2 atom stereocenters. The summed E-state index contributed by atoms with van der Waals surface area (Å²) < 4.78 is 7.96. The Morgan fingerprint density at radius 3 is 2.37 bits per heavy atom. The van der Waals surface area contributed by atoms with Crippen molar-refractivity contribution in [1.29, 1.82) is 0 Å². The third-order valence-electron chi connectivity index (χ3n) is 6.71. The predicted molar refractivity (Wildman–Crippen MR) is 119 cm³/mol. The molecule has 4 rings (SSSR count). The van der Waals surface area contributed by atoms with Crippen molar-refractivity contribution >= 4 is 16.9 Å². The summed E-state index contributed by atoms with van der Waals surface area (Å²) in [6.07, 6.45) is 0.921. The Morgan fingerprint density at radius 1 is 1.00 bits per heavy atom. The molecule has 0 bridgehead atoms. The van der Waals surface area contributed by atoms with Crippen molar-refractivity contribution in [3.8, 4) is 0 Å². The number of aromatic nitrogens is 2. The molecule has 0 unspecified atom stereocenters. The molecule has 30 heavy (non-hydrogen) atoms. The number of hydrogen-bond donors (Lipinski definition) is 0. The standard InChI is InChI=1S/C23H35N5O2/c1-18(25-8-10-27(11-9-25)20(3)29)16-23-24-21-6-4-5-7-22(21)28(23)17-19(2)26-12-14-30-15-13-26/h4-7,18-19H,8-17H2,1-3H3/t18-,19-/m0/s1. The SMILES string of the molecule is CC(=O)N1CCN([C@@H](C)Cc2nc3ccccc3n2C[C@H](C)N2CCOCC2)CC1. The summed E-state index contributed by atoms with van der Waals surface area (Å²) in [6.45, 7) is 14.4. The Balaban J connectivity index is 1.49. The second-order valence-electron chi connectivity index (χ2n) is 8.72. The summed E-state index contributed by atoms with van der Waals surface area (Å²) in [5, 5.41) is 0. The topological polar surface area (TPSA) is 53.8 Å². The lowest BCUT2D eigenvalue weighted by atomic mass is 10.1. The normalized spacial score (nSPS) is 21.1. The van der Waals surface area contributed by atoms with Crippen LogP contribution < -0.4 is 0 Å². The van der Waals surface area contributed by atoms with Gasteiger partial charge in [-0.15, -0.1) is 0 Å². The van der Waals surface area contributed by atoms with Crippen LogP contribution in [0.4, 0.5) is 0 Å². The van der Waals surface area contributed by atoms with Crippen molar-refractivity contribution in [2.45, 2.75) is 45.8 Å². The average Bonchev–Trinajstić information content (AvgIpc) is 3.11. The van der Waals surface area contributed by atoms with Gasteiger partial charge < -0.3 is 14.2 Å². The van der Waals surface area contributed by atoms with Crippen molar-refractivity contribution in [2.24, 2.45) is 0 Å². The van der Waals surface area contributed by atoms with Crippen LogP contribution in [0.1, 0.15) is 26.6 Å². The highest BCUT2D eigenvalue weighted by atomic mass is 16.5. The fourth-order valence-corrected chi connectivity index (χ4v) is 4.75. The molecule has 1 aromatic heterocycles. The number of hydrogen-bond acceptors (Lipinski definition) is 5. The Labute approximate surface area is 179 Å². The summed E-state index contributed by atoms with van der Waals surface area (Å²) in [6, 6.07) is 9.32. The van der Waals surface area contributed by atoms with E-state index in [9.17, 15) is 4.79 Å². The van der Waals surface area contributed by atoms with Gasteiger partial charge in [-0.05, 0) is 26.0 Å². The lowest BCUT2D eigenvalue weighted by molar-refractivity contribution is -0.130. The Morgan fingerprint density at radius 2 is 1.67 bits per heavy atom. The van der Waals surface area contributed by atoms with Crippen molar-refractivity contribution in [2.75, 3.05) is 52.5 Å². The van der Waals surface area contributed by atoms with E-state index < -0.39 is 0 Å². The molecule has 164 valence electrons. The van der Waals surface area contributed by atoms with E-state index in [-0.39, 0.29) is 5.91 Å². The molecule has 1 aromatic carbocycles. The van der Waals surface area contributed by atoms with E-state index in [4.69, 9.17) is 9.72 Å². The Bertz CT molecular complexity index is 852. The molecule has 0 spiro atoms. The average molecular weight is 414 g/mol. The zero-order valence-corrected chi connectivity index (χ0v) is 18.6. The molecule has 2 saturated heterocycles. The predicted octanol–water partition coefficient (Wildman–Crippen LogP) is 1.85. The molecule has 2 aliphatic heterocycles. The molecule has 2 fully saturated rings. The number of carbonyl (C=O) groups is 1. The lowest BCUT2D eigenvalue weighted by Crippen LogP contribution is -2.51. The van der Waals surface area contributed by atoms with Crippen LogP contribution in [0.15, 0.2) is 24.3 Å². The van der Waals surface area contributed by atoms with E-state index >= 15 is 0 Å². The van der Waals surface area contributed by atoms with Crippen molar-refractivity contribution in [3.63, 3.8) is 0 Å².